The number of primary amides is 1. The van der Waals surface area contributed by atoms with Crippen LogP contribution in [0.4, 0.5) is 0 Å². The minimum absolute atomic E-state index is 0.198. The van der Waals surface area contributed by atoms with Gasteiger partial charge in [0.1, 0.15) is 17.2 Å². The first-order chi connectivity index (χ1) is 13.4. The molecular weight excluding hydrogens is 380 g/mol. The third kappa shape index (κ3) is 4.63. The normalized spacial score (nSPS) is 15.9. The minimum atomic E-state index is -3.60. The summed E-state index contributed by atoms with van der Waals surface area (Å²) in [6, 6.07) is 13.5. The molecule has 2 aromatic rings. The maximum Gasteiger partial charge on any atom is 0.243 e. The van der Waals surface area contributed by atoms with E-state index in [1.165, 1.54) is 16.4 Å². The summed E-state index contributed by atoms with van der Waals surface area (Å²) >= 11 is 0. The van der Waals surface area contributed by atoms with E-state index in [1.54, 1.807) is 24.3 Å². The van der Waals surface area contributed by atoms with Crippen molar-refractivity contribution >= 4 is 15.9 Å². The molecule has 0 aliphatic carbocycles. The molecule has 1 amide bonds. The van der Waals surface area contributed by atoms with Crippen LogP contribution in [-0.4, -0.2) is 38.3 Å². The Morgan fingerprint density at radius 3 is 2.00 bits per heavy atom. The van der Waals surface area contributed by atoms with E-state index >= 15 is 0 Å². The Kier molecular flexibility index (Phi) is 6.21. The predicted octanol–water partition coefficient (Wildman–Crippen LogP) is 2.76. The SMILES string of the molecule is CCOc1ccc(Oc2ccc(S(=O)(=O)N3CCC(C(N)=O)CC3)cc2)cc1. The molecule has 28 heavy (non-hydrogen) atoms. The predicted molar refractivity (Wildman–Crippen MR) is 105 cm³/mol. The summed E-state index contributed by atoms with van der Waals surface area (Å²) in [5.41, 5.74) is 5.31. The van der Waals surface area contributed by atoms with Gasteiger partial charge in [-0.2, -0.15) is 4.31 Å². The molecule has 1 aliphatic heterocycles. The fraction of sp³-hybridized carbons (Fsp3) is 0.350. The van der Waals surface area contributed by atoms with Crippen LogP contribution in [0.2, 0.25) is 0 Å². The lowest BCUT2D eigenvalue weighted by molar-refractivity contribution is -0.122. The van der Waals surface area contributed by atoms with Gasteiger partial charge in [0.05, 0.1) is 11.5 Å². The lowest BCUT2D eigenvalue weighted by Crippen LogP contribution is -2.41. The molecule has 1 aliphatic rings. The monoisotopic (exact) mass is 404 g/mol. The molecule has 0 unspecified atom stereocenters. The van der Waals surface area contributed by atoms with Gasteiger partial charge < -0.3 is 15.2 Å². The Balaban J connectivity index is 1.65. The summed E-state index contributed by atoms with van der Waals surface area (Å²) < 4.78 is 38.1. The Hall–Kier alpha value is -2.58. The molecule has 0 aromatic heterocycles. The topological polar surface area (TPSA) is 98.9 Å². The van der Waals surface area contributed by atoms with Crippen molar-refractivity contribution in [3.05, 3.63) is 48.5 Å². The molecule has 0 saturated carbocycles. The zero-order chi connectivity index (χ0) is 20.1. The van der Waals surface area contributed by atoms with Gasteiger partial charge in [-0.15, -0.1) is 0 Å². The molecule has 2 aromatic carbocycles. The minimum Gasteiger partial charge on any atom is -0.494 e. The average Bonchev–Trinajstić information content (AvgIpc) is 2.70. The van der Waals surface area contributed by atoms with E-state index in [-0.39, 0.29) is 16.7 Å². The number of carbonyl (C=O) groups is 1. The van der Waals surface area contributed by atoms with Crippen molar-refractivity contribution in [2.24, 2.45) is 11.7 Å². The van der Waals surface area contributed by atoms with E-state index in [2.05, 4.69) is 0 Å². The third-order valence-electron chi connectivity index (χ3n) is 4.69. The molecule has 0 radical (unpaired) electrons. The van der Waals surface area contributed by atoms with E-state index < -0.39 is 10.0 Å². The Morgan fingerprint density at radius 2 is 1.50 bits per heavy atom. The van der Waals surface area contributed by atoms with Crippen molar-refractivity contribution < 1.29 is 22.7 Å². The van der Waals surface area contributed by atoms with E-state index in [9.17, 15) is 13.2 Å². The first-order valence-corrected chi connectivity index (χ1v) is 10.6. The fourth-order valence-corrected chi connectivity index (χ4v) is 4.59. The molecular formula is C20H24N2O5S. The van der Waals surface area contributed by atoms with Gasteiger partial charge in [-0.25, -0.2) is 8.42 Å². The van der Waals surface area contributed by atoms with Crippen LogP contribution in [0.1, 0.15) is 19.8 Å². The van der Waals surface area contributed by atoms with Gasteiger partial charge in [0.25, 0.3) is 0 Å². The Labute approximate surface area is 165 Å². The van der Waals surface area contributed by atoms with Crippen molar-refractivity contribution in [2.45, 2.75) is 24.7 Å². The quantitative estimate of drug-likeness (QED) is 0.765. The van der Waals surface area contributed by atoms with Gasteiger partial charge in [0, 0.05) is 19.0 Å². The second-order valence-corrected chi connectivity index (χ2v) is 8.50. The van der Waals surface area contributed by atoms with Crippen LogP contribution in [0.25, 0.3) is 0 Å². The number of hydrogen-bond donors (Lipinski definition) is 1. The van der Waals surface area contributed by atoms with Crippen LogP contribution in [0.15, 0.2) is 53.4 Å². The van der Waals surface area contributed by atoms with Crippen molar-refractivity contribution in [2.75, 3.05) is 19.7 Å². The van der Waals surface area contributed by atoms with Gasteiger partial charge in [0.15, 0.2) is 0 Å². The molecule has 0 spiro atoms. The lowest BCUT2D eigenvalue weighted by atomic mass is 9.98. The molecule has 150 valence electrons. The van der Waals surface area contributed by atoms with Crippen molar-refractivity contribution in [1.29, 1.82) is 0 Å². The van der Waals surface area contributed by atoms with Crippen LogP contribution in [-0.2, 0) is 14.8 Å². The van der Waals surface area contributed by atoms with Gasteiger partial charge in [-0.3, -0.25) is 4.79 Å². The number of nitrogens with zero attached hydrogens (tertiary/aromatic N) is 1. The second kappa shape index (κ2) is 8.62. The van der Waals surface area contributed by atoms with E-state index in [0.29, 0.717) is 44.0 Å². The molecule has 8 heteroatoms. The van der Waals surface area contributed by atoms with Crippen molar-refractivity contribution in [3.8, 4) is 17.2 Å². The van der Waals surface area contributed by atoms with Crippen LogP contribution in [0.3, 0.4) is 0 Å². The Morgan fingerprint density at radius 1 is 1.00 bits per heavy atom. The van der Waals surface area contributed by atoms with Gasteiger partial charge in [-0.1, -0.05) is 0 Å². The summed E-state index contributed by atoms with van der Waals surface area (Å²) in [6.07, 6.45) is 0.904. The highest BCUT2D eigenvalue weighted by atomic mass is 32.2. The lowest BCUT2D eigenvalue weighted by Gasteiger charge is -2.29. The number of piperidine rings is 1. The zero-order valence-electron chi connectivity index (χ0n) is 15.7. The number of nitrogens with two attached hydrogens (primary N) is 1. The van der Waals surface area contributed by atoms with Gasteiger partial charge in [-0.05, 0) is 68.3 Å². The van der Waals surface area contributed by atoms with E-state index in [4.69, 9.17) is 15.2 Å². The molecule has 0 bridgehead atoms. The highest BCUT2D eigenvalue weighted by Gasteiger charge is 2.31. The van der Waals surface area contributed by atoms with Crippen LogP contribution < -0.4 is 15.2 Å². The highest BCUT2D eigenvalue weighted by molar-refractivity contribution is 7.89. The van der Waals surface area contributed by atoms with E-state index in [0.717, 1.165) is 5.75 Å². The molecule has 7 nitrogen and oxygen atoms in total. The first kappa shape index (κ1) is 20.2. The summed E-state index contributed by atoms with van der Waals surface area (Å²) in [7, 11) is -3.60. The number of carbonyl (C=O) groups excluding carboxylic acids is 1. The standard InChI is InChI=1S/C20H24N2O5S/c1-2-26-16-3-5-17(6-4-16)27-18-7-9-19(10-8-18)28(24,25)22-13-11-15(12-14-22)20(21)23/h3-10,15H,2,11-14H2,1H3,(H2,21,23). The third-order valence-corrected chi connectivity index (χ3v) is 6.60. The largest absolute Gasteiger partial charge is 0.494 e. The maximum atomic E-state index is 12.8. The summed E-state index contributed by atoms with van der Waals surface area (Å²) in [6.45, 7) is 3.09. The Bertz CT molecular complexity index is 903. The van der Waals surface area contributed by atoms with Crippen molar-refractivity contribution in [1.82, 2.24) is 4.31 Å². The first-order valence-electron chi connectivity index (χ1n) is 9.20. The summed E-state index contributed by atoms with van der Waals surface area (Å²) in [5.74, 6) is 1.31. The number of benzene rings is 2. The second-order valence-electron chi connectivity index (χ2n) is 6.56. The zero-order valence-corrected chi connectivity index (χ0v) is 16.5. The van der Waals surface area contributed by atoms with Crippen LogP contribution >= 0.6 is 0 Å². The highest BCUT2D eigenvalue weighted by Crippen LogP contribution is 2.27. The number of amides is 1. The number of ether oxygens (including phenoxy) is 2. The summed E-state index contributed by atoms with van der Waals surface area (Å²) in [4.78, 5) is 11.5. The average molecular weight is 404 g/mol. The smallest absolute Gasteiger partial charge is 0.243 e. The summed E-state index contributed by atoms with van der Waals surface area (Å²) in [5, 5.41) is 0. The fourth-order valence-electron chi connectivity index (χ4n) is 3.12. The molecule has 2 N–H and O–H groups in total. The van der Waals surface area contributed by atoms with Gasteiger partial charge in [0.2, 0.25) is 15.9 Å². The van der Waals surface area contributed by atoms with E-state index in [1.807, 2.05) is 19.1 Å². The number of sulfonamides is 1. The van der Waals surface area contributed by atoms with Crippen LogP contribution in [0, 0.1) is 5.92 Å². The molecule has 1 saturated heterocycles. The molecule has 3 rings (SSSR count). The van der Waals surface area contributed by atoms with Crippen molar-refractivity contribution in [3.63, 3.8) is 0 Å². The molecule has 0 atom stereocenters. The molecule has 1 heterocycles. The number of hydrogen-bond acceptors (Lipinski definition) is 5. The molecule has 1 fully saturated rings. The van der Waals surface area contributed by atoms with Gasteiger partial charge >= 0.3 is 0 Å². The maximum absolute atomic E-state index is 12.8. The van der Waals surface area contributed by atoms with Crippen LogP contribution in [0.5, 0.6) is 17.2 Å². The number of rotatable bonds is 7.